The highest BCUT2D eigenvalue weighted by atomic mass is 79.9. The molecular weight excluding hydrogens is 353 g/mol. The lowest BCUT2D eigenvalue weighted by molar-refractivity contribution is 0.0222. The van der Waals surface area contributed by atoms with E-state index in [0.717, 1.165) is 6.07 Å². The molecular formula is C12H15BrFNO4S. The van der Waals surface area contributed by atoms with Crippen LogP contribution in [-0.4, -0.2) is 38.9 Å². The summed E-state index contributed by atoms with van der Waals surface area (Å²) in [5.41, 5.74) is -0.989. The van der Waals surface area contributed by atoms with Crippen LogP contribution >= 0.6 is 15.9 Å². The largest absolute Gasteiger partial charge is 0.394 e. The molecule has 8 heteroatoms. The van der Waals surface area contributed by atoms with Crippen molar-refractivity contribution in [2.24, 2.45) is 0 Å². The zero-order valence-corrected chi connectivity index (χ0v) is 13.0. The summed E-state index contributed by atoms with van der Waals surface area (Å²) < 4.78 is 46.4. The van der Waals surface area contributed by atoms with Gasteiger partial charge in [-0.25, -0.2) is 17.5 Å². The van der Waals surface area contributed by atoms with E-state index in [0.29, 0.717) is 30.5 Å². The standard InChI is InChI=1S/C12H15BrFNO4S/c13-9-1-2-11(10(14)7-9)20(17,18)15-12(8-16)3-5-19-6-4-12/h1-2,7,15-16H,3-6,8H2. The zero-order chi connectivity index (χ0) is 14.8. The number of aliphatic hydroxyl groups excluding tert-OH is 1. The van der Waals surface area contributed by atoms with Crippen molar-refractivity contribution in [1.82, 2.24) is 4.72 Å². The van der Waals surface area contributed by atoms with E-state index in [9.17, 15) is 17.9 Å². The first kappa shape index (κ1) is 15.8. The van der Waals surface area contributed by atoms with E-state index in [1.54, 1.807) is 0 Å². The molecule has 0 radical (unpaired) electrons. The second-order valence-electron chi connectivity index (χ2n) is 4.73. The van der Waals surface area contributed by atoms with E-state index in [1.807, 2.05) is 0 Å². The van der Waals surface area contributed by atoms with Gasteiger partial charge >= 0.3 is 0 Å². The molecule has 20 heavy (non-hydrogen) atoms. The van der Waals surface area contributed by atoms with Crippen molar-refractivity contribution in [2.75, 3.05) is 19.8 Å². The van der Waals surface area contributed by atoms with Gasteiger partial charge in [0.2, 0.25) is 10.0 Å². The summed E-state index contributed by atoms with van der Waals surface area (Å²) in [6.07, 6.45) is 0.696. The van der Waals surface area contributed by atoms with Crippen molar-refractivity contribution in [3.05, 3.63) is 28.5 Å². The normalized spacial score (nSPS) is 18.9. The van der Waals surface area contributed by atoms with Crippen molar-refractivity contribution in [1.29, 1.82) is 0 Å². The maximum absolute atomic E-state index is 13.8. The third-order valence-corrected chi connectivity index (χ3v) is 5.39. The Bertz CT molecular complexity index is 587. The maximum atomic E-state index is 13.8. The van der Waals surface area contributed by atoms with Crippen LogP contribution in [0.25, 0.3) is 0 Å². The highest BCUT2D eigenvalue weighted by molar-refractivity contribution is 9.10. The van der Waals surface area contributed by atoms with Crippen molar-refractivity contribution < 1.29 is 22.7 Å². The number of aliphatic hydroxyl groups is 1. The second-order valence-corrected chi connectivity index (χ2v) is 7.30. The molecule has 1 saturated heterocycles. The number of rotatable bonds is 4. The fourth-order valence-electron chi connectivity index (χ4n) is 2.09. The Balaban J connectivity index is 2.30. The Hall–Kier alpha value is -0.540. The Kier molecular flexibility index (Phi) is 4.80. The van der Waals surface area contributed by atoms with Crippen LogP contribution in [0.15, 0.2) is 27.6 Å². The Labute approximate surface area is 125 Å². The monoisotopic (exact) mass is 367 g/mol. The first-order valence-corrected chi connectivity index (χ1v) is 8.34. The molecule has 0 bridgehead atoms. The molecule has 2 rings (SSSR count). The number of benzene rings is 1. The fourth-order valence-corrected chi connectivity index (χ4v) is 3.93. The molecule has 1 fully saturated rings. The van der Waals surface area contributed by atoms with Gasteiger partial charge in [-0.05, 0) is 31.0 Å². The zero-order valence-electron chi connectivity index (χ0n) is 10.6. The predicted octanol–water partition coefficient (Wildman–Crippen LogP) is 1.41. The van der Waals surface area contributed by atoms with Crippen molar-refractivity contribution >= 4 is 26.0 Å². The molecule has 112 valence electrons. The Morgan fingerprint density at radius 3 is 2.60 bits per heavy atom. The van der Waals surface area contributed by atoms with Crippen molar-refractivity contribution in [3.8, 4) is 0 Å². The summed E-state index contributed by atoms with van der Waals surface area (Å²) >= 11 is 3.07. The smallest absolute Gasteiger partial charge is 0.244 e. The molecule has 0 unspecified atom stereocenters. The molecule has 1 aliphatic heterocycles. The van der Waals surface area contributed by atoms with Gasteiger partial charge in [0, 0.05) is 17.7 Å². The van der Waals surface area contributed by atoms with Crippen molar-refractivity contribution in [3.63, 3.8) is 0 Å². The number of hydrogen-bond donors (Lipinski definition) is 2. The summed E-state index contributed by atoms with van der Waals surface area (Å²) in [5.74, 6) is -0.841. The SMILES string of the molecule is O=S(=O)(NC1(CO)CCOCC1)c1ccc(Br)cc1F. The van der Waals surface area contributed by atoms with Crippen LogP contribution in [0.5, 0.6) is 0 Å². The van der Waals surface area contributed by atoms with Gasteiger partial charge < -0.3 is 9.84 Å². The lowest BCUT2D eigenvalue weighted by Crippen LogP contribution is -2.54. The topological polar surface area (TPSA) is 75.6 Å². The van der Waals surface area contributed by atoms with Gasteiger partial charge in [-0.15, -0.1) is 0 Å². The molecule has 0 atom stereocenters. The molecule has 0 aliphatic carbocycles. The first-order chi connectivity index (χ1) is 9.38. The van der Waals surface area contributed by atoms with E-state index >= 15 is 0 Å². The Morgan fingerprint density at radius 1 is 1.40 bits per heavy atom. The van der Waals surface area contributed by atoms with Gasteiger partial charge in [-0.3, -0.25) is 0 Å². The molecule has 2 N–H and O–H groups in total. The van der Waals surface area contributed by atoms with E-state index in [-0.39, 0.29) is 6.61 Å². The molecule has 0 saturated carbocycles. The average molecular weight is 368 g/mol. The molecule has 0 aromatic heterocycles. The van der Waals surface area contributed by atoms with Crippen LogP contribution in [0.3, 0.4) is 0 Å². The third kappa shape index (κ3) is 3.37. The summed E-state index contributed by atoms with van der Waals surface area (Å²) in [7, 11) is -4.04. The van der Waals surface area contributed by atoms with Crippen LogP contribution in [0.2, 0.25) is 0 Å². The number of nitrogens with one attached hydrogen (secondary N) is 1. The van der Waals surface area contributed by atoms with Crippen LogP contribution in [-0.2, 0) is 14.8 Å². The molecule has 1 heterocycles. The fraction of sp³-hybridized carbons (Fsp3) is 0.500. The van der Waals surface area contributed by atoms with Crippen LogP contribution in [0.1, 0.15) is 12.8 Å². The highest BCUT2D eigenvalue weighted by Gasteiger charge is 2.37. The molecule has 0 spiro atoms. The lowest BCUT2D eigenvalue weighted by atomic mass is 9.93. The van der Waals surface area contributed by atoms with E-state index in [1.165, 1.54) is 12.1 Å². The maximum Gasteiger partial charge on any atom is 0.244 e. The van der Waals surface area contributed by atoms with Gasteiger partial charge in [-0.2, -0.15) is 0 Å². The number of ether oxygens (including phenoxy) is 1. The minimum atomic E-state index is -4.04. The average Bonchev–Trinajstić information content (AvgIpc) is 2.38. The molecule has 1 aromatic rings. The van der Waals surface area contributed by atoms with E-state index < -0.39 is 26.3 Å². The van der Waals surface area contributed by atoms with E-state index in [4.69, 9.17) is 4.74 Å². The number of hydrogen-bond acceptors (Lipinski definition) is 4. The summed E-state index contributed by atoms with van der Waals surface area (Å²) in [5, 5.41) is 9.48. The van der Waals surface area contributed by atoms with Gasteiger partial charge in [0.25, 0.3) is 0 Å². The van der Waals surface area contributed by atoms with Crippen molar-refractivity contribution in [2.45, 2.75) is 23.3 Å². The second kappa shape index (κ2) is 6.07. The lowest BCUT2D eigenvalue weighted by Gasteiger charge is -2.35. The first-order valence-electron chi connectivity index (χ1n) is 6.06. The predicted molar refractivity (Wildman–Crippen MR) is 74.3 cm³/mol. The van der Waals surface area contributed by atoms with E-state index in [2.05, 4.69) is 20.7 Å². The minimum Gasteiger partial charge on any atom is -0.394 e. The molecule has 1 aromatic carbocycles. The van der Waals surface area contributed by atoms with Crippen LogP contribution in [0.4, 0.5) is 4.39 Å². The summed E-state index contributed by atoms with van der Waals surface area (Å²) in [4.78, 5) is -0.431. The summed E-state index contributed by atoms with van der Waals surface area (Å²) in [6.45, 7) is 0.353. The molecule has 0 amide bonds. The number of halogens is 2. The van der Waals surface area contributed by atoms with Gasteiger partial charge in [0.1, 0.15) is 10.7 Å². The third-order valence-electron chi connectivity index (χ3n) is 3.29. The van der Waals surface area contributed by atoms with Gasteiger partial charge in [0.05, 0.1) is 12.1 Å². The van der Waals surface area contributed by atoms with Crippen LogP contribution in [0, 0.1) is 5.82 Å². The Morgan fingerprint density at radius 2 is 2.05 bits per heavy atom. The summed E-state index contributed by atoms with van der Waals surface area (Å²) in [6, 6.07) is 3.73. The minimum absolute atomic E-state index is 0.348. The quantitative estimate of drug-likeness (QED) is 0.843. The van der Waals surface area contributed by atoms with Crippen LogP contribution < -0.4 is 4.72 Å². The van der Waals surface area contributed by atoms with Gasteiger partial charge in [0.15, 0.2) is 0 Å². The number of sulfonamides is 1. The molecule has 5 nitrogen and oxygen atoms in total. The van der Waals surface area contributed by atoms with Gasteiger partial charge in [-0.1, -0.05) is 15.9 Å². The molecule has 1 aliphatic rings. The highest BCUT2D eigenvalue weighted by Crippen LogP contribution is 2.25.